The van der Waals surface area contributed by atoms with Crippen LogP contribution < -0.4 is 21.5 Å². The summed E-state index contributed by atoms with van der Waals surface area (Å²) in [6.07, 6.45) is 1.58. The van der Waals surface area contributed by atoms with Gasteiger partial charge in [0.15, 0.2) is 0 Å². The third-order valence-electron chi connectivity index (χ3n) is 6.15. The first-order valence-electron chi connectivity index (χ1n) is 9.95. The minimum atomic E-state index is -0.828. The van der Waals surface area contributed by atoms with E-state index in [2.05, 4.69) is 31.3 Å². The summed E-state index contributed by atoms with van der Waals surface area (Å²) >= 11 is 0. The number of nitrogens with two attached hydrogens (primary N) is 2. The van der Waals surface area contributed by atoms with E-state index in [1.165, 1.54) is 0 Å². The van der Waals surface area contributed by atoms with Gasteiger partial charge in [0.2, 0.25) is 0 Å². The predicted octanol–water partition coefficient (Wildman–Crippen LogP) is 4.12. The maximum Gasteiger partial charge on any atom is 0.252 e. The number of anilines is 2. The topological polar surface area (TPSA) is 90.4 Å². The van der Waals surface area contributed by atoms with Crippen LogP contribution in [0.3, 0.4) is 0 Å². The molecule has 0 atom stereocenters. The van der Waals surface area contributed by atoms with Crippen molar-refractivity contribution in [3.8, 4) is 11.5 Å². The van der Waals surface area contributed by atoms with Crippen molar-refractivity contribution in [1.29, 1.82) is 0 Å². The zero-order chi connectivity index (χ0) is 20.3. The van der Waals surface area contributed by atoms with Gasteiger partial charge in [-0.15, -0.1) is 0 Å². The molecule has 0 aliphatic carbocycles. The fraction of sp³-hybridized carbons (Fsp3) is 0.208. The molecule has 3 aromatic rings. The van der Waals surface area contributed by atoms with Gasteiger partial charge in [0, 0.05) is 40.2 Å². The second-order valence-electron chi connectivity index (χ2n) is 7.65. The van der Waals surface area contributed by atoms with Gasteiger partial charge in [0.1, 0.15) is 17.0 Å². The lowest BCUT2D eigenvalue weighted by Crippen LogP contribution is -2.43. The van der Waals surface area contributed by atoms with E-state index in [4.69, 9.17) is 16.2 Å². The summed E-state index contributed by atoms with van der Waals surface area (Å²) in [5.74, 6) is 1.20. The highest BCUT2D eigenvalue weighted by atomic mass is 16.5. The first-order valence-corrected chi connectivity index (χ1v) is 9.95. The average Bonchev–Trinajstić information content (AvgIpc) is 3.01. The number of carbonyl (C=O) groups is 1. The zero-order valence-electron chi connectivity index (χ0n) is 16.5. The third-order valence-corrected chi connectivity index (χ3v) is 6.15. The van der Waals surface area contributed by atoms with Crippen molar-refractivity contribution < 1.29 is 9.53 Å². The number of aryl methyl sites for hydroxylation is 2. The lowest BCUT2D eigenvalue weighted by molar-refractivity contribution is 0.0946. The molecule has 5 N–H and O–H groups in total. The van der Waals surface area contributed by atoms with Crippen LogP contribution in [0.2, 0.25) is 0 Å². The second-order valence-corrected chi connectivity index (χ2v) is 7.65. The highest BCUT2D eigenvalue weighted by Crippen LogP contribution is 2.54. The molecular weight excluding hydrogens is 362 g/mol. The minimum Gasteiger partial charge on any atom is -0.456 e. The molecule has 2 aliphatic rings. The number of nitrogens with one attached hydrogen (secondary N) is 1. The van der Waals surface area contributed by atoms with Gasteiger partial charge in [-0.3, -0.25) is 4.79 Å². The first kappa shape index (κ1) is 17.6. The second kappa shape index (κ2) is 6.01. The molecule has 0 radical (unpaired) electrons. The number of fused-ring (bicyclic) bond motifs is 6. The maximum absolute atomic E-state index is 13.0. The molecule has 1 amide bonds. The summed E-state index contributed by atoms with van der Waals surface area (Å²) in [7, 11) is 0. The van der Waals surface area contributed by atoms with E-state index in [0.717, 1.165) is 40.7 Å². The Kier molecular flexibility index (Phi) is 3.65. The van der Waals surface area contributed by atoms with E-state index >= 15 is 0 Å². The molecule has 29 heavy (non-hydrogen) atoms. The molecule has 3 aromatic carbocycles. The van der Waals surface area contributed by atoms with Gasteiger partial charge in [-0.2, -0.15) is 0 Å². The normalized spacial score (nSPS) is 15.3. The van der Waals surface area contributed by atoms with E-state index in [9.17, 15) is 4.79 Å². The molecule has 2 aliphatic heterocycles. The van der Waals surface area contributed by atoms with Crippen molar-refractivity contribution in [2.24, 2.45) is 0 Å². The lowest BCUT2D eigenvalue weighted by atomic mass is 9.74. The Bertz CT molecular complexity index is 1120. The van der Waals surface area contributed by atoms with E-state index in [1.807, 2.05) is 36.4 Å². The Morgan fingerprint density at radius 1 is 0.862 bits per heavy atom. The summed E-state index contributed by atoms with van der Waals surface area (Å²) in [6, 6.07) is 15.6. The number of amides is 1. The van der Waals surface area contributed by atoms with Crippen LogP contribution in [0.5, 0.6) is 11.5 Å². The van der Waals surface area contributed by atoms with Gasteiger partial charge in [0.05, 0.1) is 0 Å². The molecule has 5 nitrogen and oxygen atoms in total. The lowest BCUT2D eigenvalue weighted by Gasteiger charge is -2.39. The Morgan fingerprint density at radius 2 is 1.41 bits per heavy atom. The van der Waals surface area contributed by atoms with Crippen LogP contribution in [0, 0.1) is 0 Å². The fourth-order valence-corrected chi connectivity index (χ4v) is 4.65. The minimum absolute atomic E-state index is 0.0934. The molecule has 0 fully saturated rings. The van der Waals surface area contributed by atoms with Gasteiger partial charge >= 0.3 is 0 Å². The zero-order valence-corrected chi connectivity index (χ0v) is 16.5. The third kappa shape index (κ3) is 2.24. The number of carbonyl (C=O) groups excluding carboxylic acids is 1. The smallest absolute Gasteiger partial charge is 0.252 e. The summed E-state index contributed by atoms with van der Waals surface area (Å²) < 4.78 is 6.26. The van der Waals surface area contributed by atoms with Crippen LogP contribution >= 0.6 is 0 Å². The Morgan fingerprint density at radius 3 is 1.97 bits per heavy atom. The van der Waals surface area contributed by atoms with E-state index in [0.29, 0.717) is 28.4 Å². The quantitative estimate of drug-likeness (QED) is 0.579. The predicted molar refractivity (Wildman–Crippen MR) is 114 cm³/mol. The molecule has 0 bridgehead atoms. The Labute approximate surface area is 169 Å². The first-order chi connectivity index (χ1) is 14.0. The van der Waals surface area contributed by atoms with Crippen molar-refractivity contribution in [2.45, 2.75) is 32.2 Å². The summed E-state index contributed by atoms with van der Waals surface area (Å²) in [5.41, 5.74) is 18.5. The number of benzene rings is 3. The molecule has 1 spiro atoms. The summed E-state index contributed by atoms with van der Waals surface area (Å²) in [5, 5.41) is 3.29. The van der Waals surface area contributed by atoms with Crippen molar-refractivity contribution in [3.63, 3.8) is 0 Å². The summed E-state index contributed by atoms with van der Waals surface area (Å²) in [4.78, 5) is 13.0. The molecule has 0 saturated carbocycles. The SMILES string of the molecule is CCc1cc2c(cc1N)Oc1cc(N)c(CC)cc1C21NC(=O)c2ccccc21. The number of nitrogen functional groups attached to an aromatic ring is 2. The number of rotatable bonds is 2. The standard InChI is InChI=1S/C24H23N3O2/c1-3-13-9-17-21(11-19(13)25)29-22-12-20(26)14(4-2)10-18(22)24(17)16-8-6-5-7-15(16)23(28)27-24/h5-12H,3-4,25-26H2,1-2H3,(H,27,28). The monoisotopic (exact) mass is 385 g/mol. The fourth-order valence-electron chi connectivity index (χ4n) is 4.65. The highest BCUT2D eigenvalue weighted by molar-refractivity contribution is 6.02. The van der Waals surface area contributed by atoms with Gasteiger partial charge in [-0.05, 0) is 47.7 Å². The summed E-state index contributed by atoms with van der Waals surface area (Å²) in [6.45, 7) is 4.14. The average molecular weight is 385 g/mol. The van der Waals surface area contributed by atoms with Crippen LogP contribution in [0.4, 0.5) is 11.4 Å². The Hall–Kier alpha value is -3.47. The van der Waals surface area contributed by atoms with E-state index in [1.54, 1.807) is 0 Å². The molecule has 0 saturated heterocycles. The van der Waals surface area contributed by atoms with Crippen LogP contribution in [0.15, 0.2) is 48.5 Å². The molecule has 0 aromatic heterocycles. The van der Waals surface area contributed by atoms with Crippen molar-refractivity contribution in [1.82, 2.24) is 5.32 Å². The number of ether oxygens (including phenoxy) is 1. The Balaban J connectivity index is 1.91. The van der Waals surface area contributed by atoms with Crippen molar-refractivity contribution >= 4 is 17.3 Å². The molecule has 146 valence electrons. The van der Waals surface area contributed by atoms with E-state index in [-0.39, 0.29) is 5.91 Å². The molecule has 5 heteroatoms. The van der Waals surface area contributed by atoms with Crippen LogP contribution in [-0.2, 0) is 18.4 Å². The molecular formula is C24H23N3O2. The van der Waals surface area contributed by atoms with Crippen LogP contribution in [-0.4, -0.2) is 5.91 Å². The molecule has 0 unspecified atom stereocenters. The molecule has 2 heterocycles. The van der Waals surface area contributed by atoms with Gasteiger partial charge in [-0.25, -0.2) is 0 Å². The van der Waals surface area contributed by atoms with Gasteiger partial charge in [-0.1, -0.05) is 32.0 Å². The van der Waals surface area contributed by atoms with Crippen molar-refractivity contribution in [3.05, 3.63) is 81.9 Å². The highest BCUT2D eigenvalue weighted by Gasteiger charge is 2.51. The van der Waals surface area contributed by atoms with Gasteiger partial charge < -0.3 is 21.5 Å². The van der Waals surface area contributed by atoms with E-state index < -0.39 is 5.54 Å². The van der Waals surface area contributed by atoms with Crippen LogP contribution in [0.25, 0.3) is 0 Å². The van der Waals surface area contributed by atoms with Gasteiger partial charge in [0.25, 0.3) is 5.91 Å². The van der Waals surface area contributed by atoms with Crippen LogP contribution in [0.1, 0.15) is 52.0 Å². The number of hydrogen-bond acceptors (Lipinski definition) is 4. The molecule has 5 rings (SSSR count). The largest absolute Gasteiger partial charge is 0.456 e. The number of hydrogen-bond donors (Lipinski definition) is 3. The van der Waals surface area contributed by atoms with Crippen molar-refractivity contribution in [2.75, 3.05) is 11.5 Å². The maximum atomic E-state index is 13.0.